The number of hydrogen-bond acceptors (Lipinski definition) is 1. The van der Waals surface area contributed by atoms with Gasteiger partial charge in [-0.25, -0.2) is 0 Å². The SMILES string of the molecule is C=C/C=C\C(=C(\N)C=C)C(C)(CCCCC)CCCCCCC. The van der Waals surface area contributed by atoms with Crippen molar-refractivity contribution >= 4 is 0 Å². The maximum absolute atomic E-state index is 6.28. The van der Waals surface area contributed by atoms with Gasteiger partial charge in [-0.2, -0.15) is 0 Å². The highest BCUT2D eigenvalue weighted by atomic mass is 14.6. The zero-order valence-electron chi connectivity index (χ0n) is 15.9. The lowest BCUT2D eigenvalue weighted by Gasteiger charge is -2.32. The molecule has 0 saturated carbocycles. The van der Waals surface area contributed by atoms with Crippen molar-refractivity contribution in [2.75, 3.05) is 0 Å². The molecule has 0 rings (SSSR count). The average Bonchev–Trinajstić information content (AvgIpc) is 2.55. The van der Waals surface area contributed by atoms with Crippen LogP contribution in [0.2, 0.25) is 0 Å². The molecule has 0 amide bonds. The lowest BCUT2D eigenvalue weighted by molar-refractivity contribution is 0.313. The summed E-state index contributed by atoms with van der Waals surface area (Å²) in [6.45, 7) is 14.6. The Morgan fingerprint density at radius 2 is 1.43 bits per heavy atom. The Kier molecular flexibility index (Phi) is 12.5. The zero-order valence-corrected chi connectivity index (χ0v) is 15.9. The Labute approximate surface area is 145 Å². The van der Waals surface area contributed by atoms with E-state index in [1.807, 2.05) is 12.2 Å². The zero-order chi connectivity index (χ0) is 17.6. The van der Waals surface area contributed by atoms with Gasteiger partial charge >= 0.3 is 0 Å². The van der Waals surface area contributed by atoms with Crippen LogP contribution in [0.15, 0.2) is 48.7 Å². The first-order chi connectivity index (χ1) is 11.1. The van der Waals surface area contributed by atoms with E-state index in [-0.39, 0.29) is 5.41 Å². The maximum Gasteiger partial charge on any atom is 0.0346 e. The van der Waals surface area contributed by atoms with Crippen molar-refractivity contribution in [2.24, 2.45) is 11.1 Å². The van der Waals surface area contributed by atoms with Crippen LogP contribution >= 0.6 is 0 Å². The summed E-state index contributed by atoms with van der Waals surface area (Å²) in [6.07, 6.45) is 20.5. The Balaban J connectivity index is 5.14. The Bertz CT molecular complexity index is 389. The molecule has 0 bridgehead atoms. The van der Waals surface area contributed by atoms with E-state index >= 15 is 0 Å². The highest BCUT2D eigenvalue weighted by Crippen LogP contribution is 2.40. The lowest BCUT2D eigenvalue weighted by atomic mass is 9.72. The van der Waals surface area contributed by atoms with E-state index in [1.54, 1.807) is 6.08 Å². The van der Waals surface area contributed by atoms with E-state index in [0.717, 1.165) is 5.70 Å². The van der Waals surface area contributed by atoms with Gasteiger partial charge in [0, 0.05) is 5.70 Å². The largest absolute Gasteiger partial charge is 0.399 e. The quantitative estimate of drug-likeness (QED) is 0.269. The van der Waals surface area contributed by atoms with Crippen molar-refractivity contribution in [1.29, 1.82) is 0 Å². The predicted molar refractivity (Wildman–Crippen MR) is 106 cm³/mol. The molecule has 0 aromatic heterocycles. The van der Waals surface area contributed by atoms with E-state index in [2.05, 4.69) is 40.0 Å². The minimum atomic E-state index is 0.138. The monoisotopic (exact) mass is 317 g/mol. The molecule has 2 N–H and O–H groups in total. The third-order valence-electron chi connectivity index (χ3n) is 4.74. The molecule has 0 spiro atoms. The van der Waals surface area contributed by atoms with E-state index in [9.17, 15) is 0 Å². The van der Waals surface area contributed by atoms with Gasteiger partial charge in [-0.05, 0) is 29.9 Å². The first-order valence-electron chi connectivity index (χ1n) is 9.47. The molecular formula is C22H39N. The molecule has 0 aliphatic carbocycles. The van der Waals surface area contributed by atoms with Crippen LogP contribution in [0.4, 0.5) is 0 Å². The maximum atomic E-state index is 6.28. The van der Waals surface area contributed by atoms with Crippen LogP contribution in [-0.4, -0.2) is 0 Å². The highest BCUT2D eigenvalue weighted by molar-refractivity contribution is 5.36. The normalized spacial score (nSPS) is 15.3. The first-order valence-corrected chi connectivity index (χ1v) is 9.47. The van der Waals surface area contributed by atoms with Gasteiger partial charge in [-0.1, -0.05) is 104 Å². The molecule has 0 radical (unpaired) electrons. The van der Waals surface area contributed by atoms with Crippen LogP contribution in [-0.2, 0) is 0 Å². The number of hydrogen-bond donors (Lipinski definition) is 1. The fourth-order valence-corrected chi connectivity index (χ4v) is 3.20. The third-order valence-corrected chi connectivity index (χ3v) is 4.74. The molecule has 1 atom stereocenters. The summed E-state index contributed by atoms with van der Waals surface area (Å²) in [6, 6.07) is 0. The van der Waals surface area contributed by atoms with Crippen LogP contribution in [0.1, 0.15) is 85.0 Å². The van der Waals surface area contributed by atoms with E-state index in [0.29, 0.717) is 0 Å². The van der Waals surface area contributed by atoms with Gasteiger partial charge in [-0.3, -0.25) is 0 Å². The molecule has 0 heterocycles. The van der Waals surface area contributed by atoms with Gasteiger partial charge in [0.1, 0.15) is 0 Å². The standard InChI is InChI=1S/C22H39N/c1-6-10-13-14-16-19-22(5,18-15-11-7-2)20(17-12-8-3)21(23)9-4/h8-9,12,17H,3-4,6-7,10-11,13-16,18-19,23H2,1-2,5H3/b17-12-,21-20-. The molecule has 1 nitrogen and oxygen atoms in total. The summed E-state index contributed by atoms with van der Waals surface area (Å²) in [7, 11) is 0. The van der Waals surface area contributed by atoms with Crippen molar-refractivity contribution in [3.8, 4) is 0 Å². The van der Waals surface area contributed by atoms with Crippen LogP contribution in [0.3, 0.4) is 0 Å². The Morgan fingerprint density at radius 1 is 0.913 bits per heavy atom. The van der Waals surface area contributed by atoms with Gasteiger partial charge in [0.25, 0.3) is 0 Å². The van der Waals surface area contributed by atoms with E-state index in [4.69, 9.17) is 5.73 Å². The van der Waals surface area contributed by atoms with Crippen molar-refractivity contribution in [1.82, 2.24) is 0 Å². The summed E-state index contributed by atoms with van der Waals surface area (Å²) in [5.74, 6) is 0. The number of unbranched alkanes of at least 4 members (excludes halogenated alkanes) is 6. The van der Waals surface area contributed by atoms with Crippen LogP contribution in [0.5, 0.6) is 0 Å². The second-order valence-electron chi connectivity index (χ2n) is 6.85. The molecule has 0 aliphatic rings. The molecule has 1 heteroatoms. The van der Waals surface area contributed by atoms with Crippen LogP contribution in [0, 0.1) is 5.41 Å². The van der Waals surface area contributed by atoms with Crippen molar-refractivity contribution in [3.63, 3.8) is 0 Å². The van der Waals surface area contributed by atoms with Crippen molar-refractivity contribution < 1.29 is 0 Å². The van der Waals surface area contributed by atoms with Gasteiger partial charge in [-0.15, -0.1) is 0 Å². The Hall–Kier alpha value is -1.24. The lowest BCUT2D eigenvalue weighted by Crippen LogP contribution is -2.22. The minimum absolute atomic E-state index is 0.138. The van der Waals surface area contributed by atoms with Crippen LogP contribution < -0.4 is 5.73 Å². The number of allylic oxidation sites excluding steroid dienone is 5. The minimum Gasteiger partial charge on any atom is -0.399 e. The first kappa shape index (κ1) is 21.8. The fraction of sp³-hybridized carbons (Fsp3) is 0.636. The summed E-state index contributed by atoms with van der Waals surface area (Å²) < 4.78 is 0. The summed E-state index contributed by atoms with van der Waals surface area (Å²) in [4.78, 5) is 0. The molecule has 0 fully saturated rings. The highest BCUT2D eigenvalue weighted by Gasteiger charge is 2.28. The van der Waals surface area contributed by atoms with Crippen molar-refractivity contribution in [3.05, 3.63) is 48.7 Å². The average molecular weight is 318 g/mol. The molecule has 1 unspecified atom stereocenters. The van der Waals surface area contributed by atoms with Gasteiger partial charge in [0.2, 0.25) is 0 Å². The summed E-state index contributed by atoms with van der Waals surface area (Å²) in [5, 5.41) is 0. The molecule has 23 heavy (non-hydrogen) atoms. The van der Waals surface area contributed by atoms with E-state index < -0.39 is 0 Å². The second kappa shape index (κ2) is 13.2. The predicted octanol–water partition coefficient (Wildman–Crippen LogP) is 7.07. The molecule has 132 valence electrons. The van der Waals surface area contributed by atoms with E-state index in [1.165, 1.54) is 69.8 Å². The second-order valence-corrected chi connectivity index (χ2v) is 6.85. The number of nitrogens with two attached hydrogens (primary N) is 1. The molecule has 0 saturated heterocycles. The smallest absolute Gasteiger partial charge is 0.0346 e. The summed E-state index contributed by atoms with van der Waals surface area (Å²) in [5.41, 5.74) is 8.46. The van der Waals surface area contributed by atoms with Gasteiger partial charge < -0.3 is 5.73 Å². The number of rotatable bonds is 14. The topological polar surface area (TPSA) is 26.0 Å². The molecule has 0 aromatic carbocycles. The Morgan fingerprint density at radius 3 is 1.96 bits per heavy atom. The van der Waals surface area contributed by atoms with Crippen molar-refractivity contribution in [2.45, 2.75) is 85.0 Å². The molecule has 0 aliphatic heterocycles. The van der Waals surface area contributed by atoms with Gasteiger partial charge in [0.15, 0.2) is 0 Å². The molecule has 0 aromatic rings. The van der Waals surface area contributed by atoms with Gasteiger partial charge in [0.05, 0.1) is 0 Å². The third kappa shape index (κ3) is 8.83. The van der Waals surface area contributed by atoms with Crippen LogP contribution in [0.25, 0.3) is 0 Å². The fourth-order valence-electron chi connectivity index (χ4n) is 3.20. The molecular weight excluding hydrogens is 278 g/mol. The summed E-state index contributed by atoms with van der Waals surface area (Å²) >= 11 is 0.